The van der Waals surface area contributed by atoms with Gasteiger partial charge in [-0.15, -0.1) is 20.4 Å². The summed E-state index contributed by atoms with van der Waals surface area (Å²) in [6, 6.07) is 37.8. The van der Waals surface area contributed by atoms with Gasteiger partial charge >= 0.3 is 5.97 Å². The summed E-state index contributed by atoms with van der Waals surface area (Å²) in [5.74, 6) is 1.28. The van der Waals surface area contributed by atoms with Crippen molar-refractivity contribution in [1.29, 1.82) is 0 Å². The number of tetrazole rings is 2. The summed E-state index contributed by atoms with van der Waals surface area (Å²) in [7, 11) is 0. The zero-order chi connectivity index (χ0) is 44.8. The van der Waals surface area contributed by atoms with Gasteiger partial charge in [0.2, 0.25) is 11.6 Å². The molecule has 1 aliphatic heterocycles. The summed E-state index contributed by atoms with van der Waals surface area (Å²) in [5.41, 5.74) is 8.86. The number of para-hydroxylation sites is 1. The van der Waals surface area contributed by atoms with Crippen LogP contribution in [-0.2, 0) is 17.9 Å². The number of benzene rings is 5. The normalized spacial score (nSPS) is 14.2. The van der Waals surface area contributed by atoms with Crippen LogP contribution in [0.3, 0.4) is 0 Å². The Morgan fingerprint density at radius 2 is 1.29 bits per heavy atom. The van der Waals surface area contributed by atoms with E-state index in [9.17, 15) is 14.7 Å². The Kier molecular flexibility index (Phi) is 12.3. The number of amidine groups is 1. The second kappa shape index (κ2) is 18.8. The maximum absolute atomic E-state index is 13.4. The lowest BCUT2D eigenvalue weighted by Crippen LogP contribution is -2.40. The van der Waals surface area contributed by atoms with Crippen LogP contribution in [0.2, 0.25) is 0 Å². The van der Waals surface area contributed by atoms with E-state index in [0.717, 1.165) is 95.3 Å². The molecule has 0 saturated heterocycles. The molecule has 0 unspecified atom stereocenters. The maximum Gasteiger partial charge on any atom is 0.337 e. The minimum Gasteiger partial charge on any atom is -0.478 e. The first-order valence-electron chi connectivity index (χ1n) is 22.0. The molecule has 3 aromatic heterocycles. The highest BCUT2D eigenvalue weighted by Crippen LogP contribution is 2.40. The summed E-state index contributed by atoms with van der Waals surface area (Å²) in [6.45, 7) is 5.48. The van der Waals surface area contributed by atoms with Crippen molar-refractivity contribution < 1.29 is 19.4 Å². The van der Waals surface area contributed by atoms with Crippen molar-refractivity contribution in [3.8, 4) is 51.0 Å². The van der Waals surface area contributed by atoms with E-state index in [1.807, 2.05) is 83.1 Å². The molecule has 0 bridgehead atoms. The van der Waals surface area contributed by atoms with Gasteiger partial charge in [-0.1, -0.05) is 129 Å². The van der Waals surface area contributed by atoms with Crippen LogP contribution in [0.25, 0.3) is 56.1 Å². The van der Waals surface area contributed by atoms with E-state index in [1.165, 1.54) is 0 Å². The van der Waals surface area contributed by atoms with Crippen LogP contribution < -0.4 is 4.74 Å². The molecule has 1 saturated carbocycles. The van der Waals surface area contributed by atoms with E-state index in [2.05, 4.69) is 83.5 Å². The number of carbonyl (C=O) groups is 2. The molecule has 1 aliphatic carbocycles. The molecule has 8 aromatic rings. The highest BCUT2D eigenvalue weighted by Gasteiger charge is 2.49. The molecule has 3 N–H and O–H groups in total. The van der Waals surface area contributed by atoms with Crippen LogP contribution in [0.5, 0.6) is 6.01 Å². The molecule has 2 aliphatic rings. The molecular weight excluding hydrogens is 821 g/mol. The molecular formula is C49H48N12O4. The number of amides is 1. The van der Waals surface area contributed by atoms with Crippen molar-refractivity contribution in [2.24, 2.45) is 4.99 Å². The van der Waals surface area contributed by atoms with Crippen molar-refractivity contribution in [1.82, 2.24) is 55.7 Å². The number of carboxylic acids is 1. The standard InChI is InChI=1S/C25H28N6O.C24H20N6O3/c1-2-3-10-22-26-25(15-6-7-16-25)24(32)31(22)17-18-11-13-19(14-12-18)20-8-4-5-9-21(20)23-27-29-30-28-23;1-2-33-24-25-20-9-5-8-19(23(31)32)21(20)30(24)14-15-10-12-16(13-11-15)17-6-3-4-7-18(17)22-26-28-29-27-22/h4-5,8-9,11-14H,2-3,6-7,10,15-17H2,1H3,(H,27,28,29,30);3-13H,2,14H2,1H3,(H,31,32)(H,26,27,28,29). The number of hydrogen-bond donors (Lipinski definition) is 3. The van der Waals surface area contributed by atoms with Gasteiger partial charge in [0.15, 0.2) is 0 Å². The molecule has 1 spiro atoms. The number of nitrogens with one attached hydrogen (secondary N) is 2. The van der Waals surface area contributed by atoms with Gasteiger partial charge in [-0.3, -0.25) is 19.3 Å². The zero-order valence-electron chi connectivity index (χ0n) is 36.2. The van der Waals surface area contributed by atoms with Crippen LogP contribution in [0.1, 0.15) is 80.3 Å². The third-order valence-corrected chi connectivity index (χ3v) is 12.0. The van der Waals surface area contributed by atoms with Crippen LogP contribution in [-0.4, -0.2) is 90.7 Å². The van der Waals surface area contributed by atoms with E-state index >= 15 is 0 Å². The minimum absolute atomic E-state index is 0.191. The highest BCUT2D eigenvalue weighted by molar-refractivity contribution is 6.08. The first kappa shape index (κ1) is 42.4. The van der Waals surface area contributed by atoms with Crippen molar-refractivity contribution in [3.05, 3.63) is 132 Å². The molecule has 65 heavy (non-hydrogen) atoms. The number of hydrogen-bond acceptors (Lipinski definition) is 11. The van der Waals surface area contributed by atoms with Crippen molar-refractivity contribution >= 4 is 28.7 Å². The van der Waals surface area contributed by atoms with Crippen molar-refractivity contribution in [2.45, 2.75) is 77.4 Å². The lowest BCUT2D eigenvalue weighted by atomic mass is 9.97. The number of nitrogens with zero attached hydrogens (tertiary/aromatic N) is 10. The molecule has 1 fully saturated rings. The molecule has 16 nitrogen and oxygen atoms in total. The Morgan fingerprint density at radius 3 is 1.82 bits per heavy atom. The first-order valence-corrected chi connectivity index (χ1v) is 22.0. The molecule has 0 radical (unpaired) electrons. The average molecular weight is 869 g/mol. The predicted octanol–water partition coefficient (Wildman–Crippen LogP) is 8.81. The third kappa shape index (κ3) is 8.74. The Bertz CT molecular complexity index is 2940. The lowest BCUT2D eigenvalue weighted by molar-refractivity contribution is -0.131. The maximum atomic E-state index is 13.4. The summed E-state index contributed by atoms with van der Waals surface area (Å²) in [5, 5.41) is 38.5. The second-order valence-corrected chi connectivity index (χ2v) is 16.1. The van der Waals surface area contributed by atoms with Crippen LogP contribution in [0, 0.1) is 0 Å². The quantitative estimate of drug-likeness (QED) is 0.0941. The Labute approximate surface area is 374 Å². The number of rotatable bonds is 14. The average Bonchev–Trinajstić information content (AvgIpc) is 4.21. The number of aromatic nitrogens is 10. The lowest BCUT2D eigenvalue weighted by Gasteiger charge is -2.23. The minimum atomic E-state index is -1.00. The largest absolute Gasteiger partial charge is 0.478 e. The summed E-state index contributed by atoms with van der Waals surface area (Å²) >= 11 is 0. The van der Waals surface area contributed by atoms with E-state index < -0.39 is 11.5 Å². The number of unbranched alkanes of at least 4 members (excludes halogenated alkanes) is 1. The van der Waals surface area contributed by atoms with E-state index in [1.54, 1.807) is 18.2 Å². The second-order valence-electron chi connectivity index (χ2n) is 16.1. The SMILES string of the molecule is CCCCC1=NC2(CCCC2)C(=O)N1Cc1ccc(-c2ccccc2-c2nn[nH]n2)cc1.CCOc1nc2cccc(C(=O)O)c2n1Cc1ccc(-c2ccccc2-c2nn[nH]n2)cc1. The third-order valence-electron chi connectivity index (χ3n) is 12.0. The summed E-state index contributed by atoms with van der Waals surface area (Å²) in [6.07, 6.45) is 7.01. The molecule has 1 amide bonds. The molecule has 0 atom stereocenters. The Balaban J connectivity index is 0.000000164. The van der Waals surface area contributed by atoms with E-state index in [-0.39, 0.29) is 11.5 Å². The monoisotopic (exact) mass is 868 g/mol. The van der Waals surface area contributed by atoms with Crippen LogP contribution >= 0.6 is 0 Å². The summed E-state index contributed by atoms with van der Waals surface area (Å²) in [4.78, 5) is 36.6. The van der Waals surface area contributed by atoms with Crippen LogP contribution in [0.4, 0.5) is 0 Å². The molecule has 10 rings (SSSR count). The highest BCUT2D eigenvalue weighted by atomic mass is 16.5. The number of ether oxygens (including phenoxy) is 1. The number of fused-ring (bicyclic) bond motifs is 1. The van der Waals surface area contributed by atoms with Gasteiger partial charge < -0.3 is 9.84 Å². The number of aliphatic imine (C=N–C) groups is 1. The summed E-state index contributed by atoms with van der Waals surface area (Å²) < 4.78 is 7.53. The van der Waals surface area contributed by atoms with E-state index in [4.69, 9.17) is 9.73 Å². The zero-order valence-corrected chi connectivity index (χ0v) is 36.2. The fraction of sp³-hybridized carbons (Fsp3) is 0.265. The fourth-order valence-electron chi connectivity index (χ4n) is 8.78. The van der Waals surface area contributed by atoms with Crippen molar-refractivity contribution in [3.63, 3.8) is 0 Å². The predicted molar refractivity (Wildman–Crippen MR) is 246 cm³/mol. The van der Waals surface area contributed by atoms with Gasteiger partial charge in [-0.2, -0.15) is 15.4 Å². The number of aromatic amines is 2. The number of imidazole rings is 1. The van der Waals surface area contributed by atoms with Gasteiger partial charge in [0.1, 0.15) is 11.4 Å². The Hall–Kier alpha value is -7.88. The number of carboxylic acid groups (broad SMARTS) is 1. The number of aromatic carboxylic acids is 1. The fourth-order valence-corrected chi connectivity index (χ4v) is 8.78. The Morgan fingerprint density at radius 1 is 0.723 bits per heavy atom. The van der Waals surface area contributed by atoms with Gasteiger partial charge in [0.25, 0.3) is 11.9 Å². The van der Waals surface area contributed by atoms with Gasteiger partial charge in [0, 0.05) is 17.5 Å². The van der Waals surface area contributed by atoms with Gasteiger partial charge in [-0.05, 0) is 82.1 Å². The molecule has 4 heterocycles. The number of H-pyrrole nitrogens is 2. The first-order chi connectivity index (χ1) is 31.9. The van der Waals surface area contributed by atoms with Crippen LogP contribution in [0.15, 0.2) is 120 Å². The van der Waals surface area contributed by atoms with E-state index in [0.29, 0.717) is 48.4 Å². The molecule has 16 heteroatoms. The number of carbonyl (C=O) groups excluding carboxylic acids is 1. The smallest absolute Gasteiger partial charge is 0.337 e. The van der Waals surface area contributed by atoms with Gasteiger partial charge in [-0.25, -0.2) is 4.79 Å². The molecule has 5 aromatic carbocycles. The topological polar surface area (TPSA) is 206 Å². The van der Waals surface area contributed by atoms with Gasteiger partial charge in [0.05, 0.1) is 36.3 Å². The van der Waals surface area contributed by atoms with Crippen molar-refractivity contribution in [2.75, 3.05) is 6.61 Å². The molecule has 328 valence electrons.